The summed E-state index contributed by atoms with van der Waals surface area (Å²) in [4.78, 5) is 24.4. The Bertz CT molecular complexity index is 777. The van der Waals surface area contributed by atoms with Gasteiger partial charge in [-0.3, -0.25) is 4.79 Å². The van der Waals surface area contributed by atoms with Gasteiger partial charge in [-0.2, -0.15) is 0 Å². The van der Waals surface area contributed by atoms with Crippen molar-refractivity contribution >= 4 is 28.7 Å². The summed E-state index contributed by atoms with van der Waals surface area (Å²) in [6.07, 6.45) is 7.56. The quantitative estimate of drug-likeness (QED) is 0.774. The van der Waals surface area contributed by atoms with Crippen molar-refractivity contribution in [2.24, 2.45) is 5.92 Å². The van der Waals surface area contributed by atoms with E-state index in [1.54, 1.807) is 0 Å². The zero-order chi connectivity index (χ0) is 17.2. The summed E-state index contributed by atoms with van der Waals surface area (Å²) < 4.78 is 0. The summed E-state index contributed by atoms with van der Waals surface area (Å²) in [7, 11) is 0. The van der Waals surface area contributed by atoms with Crippen molar-refractivity contribution in [2.45, 2.75) is 56.5 Å². The Hall–Kier alpha value is -1.62. The van der Waals surface area contributed by atoms with Crippen LogP contribution in [0.3, 0.4) is 0 Å². The third-order valence-electron chi connectivity index (χ3n) is 5.60. The van der Waals surface area contributed by atoms with Gasteiger partial charge in [-0.15, -0.1) is 0 Å². The highest BCUT2D eigenvalue weighted by atomic mass is 32.2. The first kappa shape index (κ1) is 16.8. The Labute approximate surface area is 153 Å². The number of amides is 1. The SMILES string of the molecule is Cc1nc2ccccc2nc1SCC(=O)N1CCCC2CCCCC21. The Balaban J connectivity index is 1.45. The normalized spacial score (nSPS) is 23.5. The first-order valence-corrected chi connectivity index (χ1v) is 10.4. The minimum Gasteiger partial charge on any atom is -0.339 e. The van der Waals surface area contributed by atoms with Crippen LogP contribution in [0, 0.1) is 12.8 Å². The van der Waals surface area contributed by atoms with Crippen LogP contribution in [0.15, 0.2) is 29.3 Å². The predicted molar refractivity (Wildman–Crippen MR) is 102 cm³/mol. The molecule has 0 radical (unpaired) electrons. The van der Waals surface area contributed by atoms with Gasteiger partial charge in [0.1, 0.15) is 5.03 Å². The lowest BCUT2D eigenvalue weighted by Crippen LogP contribution is -2.50. The van der Waals surface area contributed by atoms with E-state index in [1.165, 1.54) is 43.9 Å². The predicted octanol–water partition coefficient (Wildman–Crippen LogP) is 4.21. The maximum Gasteiger partial charge on any atom is 0.233 e. The molecule has 0 bridgehead atoms. The van der Waals surface area contributed by atoms with Gasteiger partial charge < -0.3 is 4.90 Å². The van der Waals surface area contributed by atoms with Gasteiger partial charge in [0.05, 0.1) is 22.5 Å². The van der Waals surface area contributed by atoms with E-state index in [-0.39, 0.29) is 5.91 Å². The third-order valence-corrected chi connectivity index (χ3v) is 6.65. The molecule has 1 saturated heterocycles. The van der Waals surface area contributed by atoms with Crippen molar-refractivity contribution < 1.29 is 4.79 Å². The first-order chi connectivity index (χ1) is 12.2. The molecule has 1 aromatic carbocycles. The lowest BCUT2D eigenvalue weighted by atomic mass is 9.78. The number of rotatable bonds is 3. The minimum absolute atomic E-state index is 0.274. The number of hydrogen-bond acceptors (Lipinski definition) is 4. The van der Waals surface area contributed by atoms with Crippen LogP contribution in [-0.2, 0) is 4.79 Å². The molecule has 2 aliphatic rings. The van der Waals surface area contributed by atoms with Gasteiger partial charge in [0.15, 0.2) is 0 Å². The highest BCUT2D eigenvalue weighted by molar-refractivity contribution is 7.99. The summed E-state index contributed by atoms with van der Waals surface area (Å²) in [6.45, 7) is 2.91. The molecule has 0 N–H and O–H groups in total. The molecule has 4 nitrogen and oxygen atoms in total. The van der Waals surface area contributed by atoms with Crippen LogP contribution in [0.1, 0.15) is 44.2 Å². The summed E-state index contributed by atoms with van der Waals surface area (Å²) in [5, 5.41) is 0.879. The van der Waals surface area contributed by atoms with Gasteiger partial charge in [-0.05, 0) is 50.7 Å². The Kier molecular flexibility index (Phi) is 4.93. The van der Waals surface area contributed by atoms with Gasteiger partial charge in [0, 0.05) is 12.6 Å². The van der Waals surface area contributed by atoms with Gasteiger partial charge >= 0.3 is 0 Å². The molecule has 1 amide bonds. The molecule has 1 saturated carbocycles. The summed E-state index contributed by atoms with van der Waals surface area (Å²) in [5.74, 6) is 1.48. The fourth-order valence-corrected chi connectivity index (χ4v) is 5.20. The first-order valence-electron chi connectivity index (χ1n) is 9.38. The molecule has 1 aliphatic carbocycles. The van der Waals surface area contributed by atoms with Crippen molar-refractivity contribution in [3.8, 4) is 0 Å². The van der Waals surface area contributed by atoms with Gasteiger partial charge in [-0.25, -0.2) is 9.97 Å². The Morgan fingerprint density at radius 2 is 1.84 bits per heavy atom. The second-order valence-electron chi connectivity index (χ2n) is 7.23. The number of benzene rings is 1. The van der Waals surface area contributed by atoms with Crippen molar-refractivity contribution in [1.29, 1.82) is 0 Å². The van der Waals surface area contributed by atoms with Crippen LogP contribution >= 0.6 is 11.8 Å². The number of nitrogens with zero attached hydrogens (tertiary/aromatic N) is 3. The van der Waals surface area contributed by atoms with E-state index in [2.05, 4.69) is 9.88 Å². The van der Waals surface area contributed by atoms with Crippen LogP contribution in [0.2, 0.25) is 0 Å². The van der Waals surface area contributed by atoms with Gasteiger partial charge in [0.2, 0.25) is 5.91 Å². The number of piperidine rings is 1. The van der Waals surface area contributed by atoms with Crippen LogP contribution in [0.5, 0.6) is 0 Å². The molecule has 1 aliphatic heterocycles. The molecule has 2 fully saturated rings. The third kappa shape index (κ3) is 3.52. The van der Waals surface area contributed by atoms with E-state index in [9.17, 15) is 4.79 Å². The van der Waals surface area contributed by atoms with E-state index in [1.807, 2.05) is 31.2 Å². The number of thioether (sulfide) groups is 1. The number of aryl methyl sites for hydroxylation is 1. The number of para-hydroxylation sites is 2. The summed E-state index contributed by atoms with van der Waals surface area (Å²) in [6, 6.07) is 8.39. The topological polar surface area (TPSA) is 46.1 Å². The molecular weight excluding hydrogens is 330 g/mol. The molecule has 2 unspecified atom stereocenters. The van der Waals surface area contributed by atoms with Gasteiger partial charge in [-0.1, -0.05) is 36.7 Å². The molecular formula is C20H25N3OS. The zero-order valence-electron chi connectivity index (χ0n) is 14.8. The second kappa shape index (κ2) is 7.32. The van der Waals surface area contributed by atoms with Gasteiger partial charge in [0.25, 0.3) is 0 Å². The van der Waals surface area contributed by atoms with E-state index in [0.29, 0.717) is 11.8 Å². The van der Waals surface area contributed by atoms with Crippen LogP contribution in [0.4, 0.5) is 0 Å². The summed E-state index contributed by atoms with van der Waals surface area (Å²) in [5.41, 5.74) is 2.72. The minimum atomic E-state index is 0.274. The monoisotopic (exact) mass is 355 g/mol. The average molecular weight is 356 g/mol. The standard InChI is InChI=1S/C20H25N3OS/c1-14-20(22-17-10-4-3-9-16(17)21-14)25-13-19(24)23-12-6-8-15-7-2-5-11-18(15)23/h3-4,9-10,15,18H,2,5-8,11-13H2,1H3. The molecule has 0 spiro atoms. The maximum absolute atomic E-state index is 12.9. The highest BCUT2D eigenvalue weighted by Gasteiger charge is 2.35. The zero-order valence-corrected chi connectivity index (χ0v) is 15.6. The smallest absolute Gasteiger partial charge is 0.233 e. The number of aromatic nitrogens is 2. The Morgan fingerprint density at radius 3 is 2.68 bits per heavy atom. The van der Waals surface area contributed by atoms with Crippen LogP contribution < -0.4 is 0 Å². The molecule has 4 rings (SSSR count). The number of fused-ring (bicyclic) bond motifs is 2. The number of hydrogen-bond donors (Lipinski definition) is 0. The Morgan fingerprint density at radius 1 is 1.12 bits per heavy atom. The maximum atomic E-state index is 12.9. The van der Waals surface area contributed by atoms with Crippen LogP contribution in [-0.4, -0.2) is 39.1 Å². The molecule has 2 atom stereocenters. The largest absolute Gasteiger partial charge is 0.339 e. The summed E-state index contributed by atoms with van der Waals surface area (Å²) >= 11 is 1.54. The lowest BCUT2D eigenvalue weighted by molar-refractivity contribution is -0.134. The van der Waals surface area contributed by atoms with Crippen molar-refractivity contribution in [2.75, 3.05) is 12.3 Å². The molecule has 1 aromatic heterocycles. The second-order valence-corrected chi connectivity index (χ2v) is 8.20. The average Bonchev–Trinajstić information content (AvgIpc) is 2.65. The highest BCUT2D eigenvalue weighted by Crippen LogP contribution is 2.35. The van der Waals surface area contributed by atoms with E-state index < -0.39 is 0 Å². The van der Waals surface area contributed by atoms with Crippen molar-refractivity contribution in [3.05, 3.63) is 30.0 Å². The number of carbonyl (C=O) groups is 1. The van der Waals surface area contributed by atoms with E-state index in [0.717, 1.165) is 40.6 Å². The fraction of sp³-hybridized carbons (Fsp3) is 0.550. The molecule has 25 heavy (non-hydrogen) atoms. The van der Waals surface area contributed by atoms with E-state index >= 15 is 0 Å². The van der Waals surface area contributed by atoms with Crippen molar-refractivity contribution in [3.63, 3.8) is 0 Å². The molecule has 2 heterocycles. The molecule has 132 valence electrons. The number of carbonyl (C=O) groups excluding carboxylic acids is 1. The van der Waals surface area contributed by atoms with Crippen LogP contribution in [0.25, 0.3) is 11.0 Å². The number of likely N-dealkylation sites (tertiary alicyclic amines) is 1. The molecule has 5 heteroatoms. The van der Waals surface area contributed by atoms with Crippen molar-refractivity contribution in [1.82, 2.24) is 14.9 Å². The fourth-order valence-electron chi connectivity index (χ4n) is 4.36. The van der Waals surface area contributed by atoms with E-state index in [4.69, 9.17) is 4.98 Å². The lowest BCUT2D eigenvalue weighted by Gasteiger charge is -2.44. The molecule has 2 aromatic rings.